The number of hydrogen-bond donors (Lipinski definition) is 2. The SMILES string of the molecule is O=C(Nc1ccc(N2CCCCC2)nc1)C1CC(F)(F)CN1. The molecule has 2 fully saturated rings. The molecule has 3 heterocycles. The highest BCUT2D eigenvalue weighted by Crippen LogP contribution is 2.26. The van der Waals surface area contributed by atoms with Gasteiger partial charge in [0.05, 0.1) is 24.5 Å². The smallest absolute Gasteiger partial charge is 0.262 e. The van der Waals surface area contributed by atoms with Crippen LogP contribution in [0.2, 0.25) is 0 Å². The van der Waals surface area contributed by atoms with Crippen molar-refractivity contribution < 1.29 is 13.6 Å². The highest BCUT2D eigenvalue weighted by Gasteiger charge is 2.42. The number of anilines is 2. The first kappa shape index (κ1) is 15.1. The summed E-state index contributed by atoms with van der Waals surface area (Å²) in [5.41, 5.74) is 0.530. The minimum Gasteiger partial charge on any atom is -0.357 e. The molecule has 0 aromatic carbocycles. The van der Waals surface area contributed by atoms with Crippen LogP contribution in [0.15, 0.2) is 18.3 Å². The van der Waals surface area contributed by atoms with Gasteiger partial charge in [-0.15, -0.1) is 0 Å². The van der Waals surface area contributed by atoms with Gasteiger partial charge in [-0.2, -0.15) is 0 Å². The fourth-order valence-electron chi connectivity index (χ4n) is 2.90. The van der Waals surface area contributed by atoms with Crippen molar-refractivity contribution in [3.05, 3.63) is 18.3 Å². The average molecular weight is 310 g/mol. The molecule has 0 bridgehead atoms. The van der Waals surface area contributed by atoms with Crippen molar-refractivity contribution in [3.63, 3.8) is 0 Å². The molecule has 0 aliphatic carbocycles. The molecule has 3 rings (SSSR count). The highest BCUT2D eigenvalue weighted by molar-refractivity contribution is 5.95. The van der Waals surface area contributed by atoms with Gasteiger partial charge in [-0.1, -0.05) is 0 Å². The van der Waals surface area contributed by atoms with E-state index in [0.29, 0.717) is 5.69 Å². The topological polar surface area (TPSA) is 57.3 Å². The van der Waals surface area contributed by atoms with E-state index in [2.05, 4.69) is 20.5 Å². The van der Waals surface area contributed by atoms with Crippen molar-refractivity contribution in [2.24, 2.45) is 0 Å². The summed E-state index contributed by atoms with van der Waals surface area (Å²) in [5, 5.41) is 5.18. The molecule has 1 amide bonds. The lowest BCUT2D eigenvalue weighted by molar-refractivity contribution is -0.118. The van der Waals surface area contributed by atoms with Crippen LogP contribution in [0.3, 0.4) is 0 Å². The van der Waals surface area contributed by atoms with Crippen molar-refractivity contribution in [1.82, 2.24) is 10.3 Å². The number of nitrogens with zero attached hydrogens (tertiary/aromatic N) is 2. The summed E-state index contributed by atoms with van der Waals surface area (Å²) in [5.74, 6) is -2.36. The van der Waals surface area contributed by atoms with E-state index in [-0.39, 0.29) is 0 Å². The molecule has 7 heteroatoms. The molecular weight excluding hydrogens is 290 g/mol. The summed E-state index contributed by atoms with van der Waals surface area (Å²) in [6.07, 6.45) is 4.71. The number of alkyl halides is 2. The van der Waals surface area contributed by atoms with E-state index in [1.165, 1.54) is 19.3 Å². The first-order valence-electron chi connectivity index (χ1n) is 7.67. The van der Waals surface area contributed by atoms with E-state index in [4.69, 9.17) is 0 Å². The molecule has 1 aromatic rings. The van der Waals surface area contributed by atoms with Crippen LogP contribution < -0.4 is 15.5 Å². The van der Waals surface area contributed by atoms with E-state index in [9.17, 15) is 13.6 Å². The Hall–Kier alpha value is -1.76. The Morgan fingerprint density at radius 2 is 2.09 bits per heavy atom. The molecule has 0 spiro atoms. The minimum absolute atomic E-state index is 0.440. The van der Waals surface area contributed by atoms with Gasteiger partial charge in [0.1, 0.15) is 5.82 Å². The normalized spacial score (nSPS) is 24.3. The molecule has 0 radical (unpaired) electrons. The third-order valence-electron chi connectivity index (χ3n) is 4.12. The van der Waals surface area contributed by atoms with Crippen molar-refractivity contribution in [1.29, 1.82) is 0 Å². The molecule has 2 aliphatic rings. The lowest BCUT2D eigenvalue weighted by Crippen LogP contribution is -2.35. The Labute approximate surface area is 128 Å². The predicted molar refractivity (Wildman–Crippen MR) is 80.3 cm³/mol. The first-order valence-corrected chi connectivity index (χ1v) is 7.67. The van der Waals surface area contributed by atoms with Crippen molar-refractivity contribution in [2.75, 3.05) is 29.9 Å². The van der Waals surface area contributed by atoms with Gasteiger partial charge in [-0.25, -0.2) is 13.8 Å². The molecule has 22 heavy (non-hydrogen) atoms. The van der Waals surface area contributed by atoms with Crippen LogP contribution in [-0.2, 0) is 4.79 Å². The van der Waals surface area contributed by atoms with Crippen molar-refractivity contribution >= 4 is 17.4 Å². The van der Waals surface area contributed by atoms with Crippen molar-refractivity contribution in [3.8, 4) is 0 Å². The van der Waals surface area contributed by atoms with Gasteiger partial charge in [0, 0.05) is 19.5 Å². The number of carbonyl (C=O) groups excluding carboxylic acids is 1. The van der Waals surface area contributed by atoms with Crippen LogP contribution in [0.1, 0.15) is 25.7 Å². The quantitative estimate of drug-likeness (QED) is 0.897. The molecule has 0 saturated carbocycles. The van der Waals surface area contributed by atoms with Gasteiger partial charge in [0.2, 0.25) is 5.91 Å². The van der Waals surface area contributed by atoms with E-state index < -0.39 is 30.8 Å². The van der Waals surface area contributed by atoms with Crippen molar-refractivity contribution in [2.45, 2.75) is 37.6 Å². The fraction of sp³-hybridized carbons (Fsp3) is 0.600. The zero-order valence-corrected chi connectivity index (χ0v) is 12.3. The molecule has 1 unspecified atom stereocenters. The van der Waals surface area contributed by atoms with Gasteiger partial charge < -0.3 is 10.2 Å². The fourth-order valence-corrected chi connectivity index (χ4v) is 2.90. The van der Waals surface area contributed by atoms with E-state index in [0.717, 1.165) is 18.9 Å². The molecule has 5 nitrogen and oxygen atoms in total. The third kappa shape index (κ3) is 3.52. The molecule has 2 aliphatic heterocycles. The Balaban J connectivity index is 1.58. The largest absolute Gasteiger partial charge is 0.357 e. The van der Waals surface area contributed by atoms with Gasteiger partial charge in [0.25, 0.3) is 5.92 Å². The van der Waals surface area contributed by atoms with Crippen LogP contribution >= 0.6 is 0 Å². The monoisotopic (exact) mass is 310 g/mol. The molecule has 1 aromatic heterocycles. The molecule has 1 atom stereocenters. The summed E-state index contributed by atoms with van der Waals surface area (Å²) in [7, 11) is 0. The number of nitrogens with one attached hydrogen (secondary N) is 2. The number of aromatic nitrogens is 1. The second-order valence-electron chi connectivity index (χ2n) is 5.94. The number of pyridine rings is 1. The summed E-state index contributed by atoms with van der Waals surface area (Å²) in [6, 6.07) is 2.77. The molecular formula is C15H20F2N4O. The van der Waals surface area contributed by atoms with Gasteiger partial charge >= 0.3 is 0 Å². The van der Waals surface area contributed by atoms with Crippen LogP contribution in [-0.4, -0.2) is 42.5 Å². The maximum absolute atomic E-state index is 13.1. The van der Waals surface area contributed by atoms with E-state index in [1.54, 1.807) is 12.3 Å². The molecule has 2 N–H and O–H groups in total. The Morgan fingerprint density at radius 1 is 1.32 bits per heavy atom. The molecule has 120 valence electrons. The lowest BCUT2D eigenvalue weighted by Gasteiger charge is -2.27. The zero-order valence-electron chi connectivity index (χ0n) is 12.3. The number of rotatable bonds is 3. The number of hydrogen-bond acceptors (Lipinski definition) is 4. The van der Waals surface area contributed by atoms with Gasteiger partial charge in [-0.05, 0) is 31.4 Å². The standard InChI is InChI=1S/C15H20F2N4O/c16-15(17)8-12(19-10-15)14(22)20-11-4-5-13(18-9-11)21-6-2-1-3-7-21/h4-5,9,12,19H,1-3,6-8,10H2,(H,20,22). The maximum atomic E-state index is 13.1. The Kier molecular flexibility index (Phi) is 4.24. The van der Waals surface area contributed by atoms with Gasteiger partial charge in [0.15, 0.2) is 0 Å². The number of carbonyl (C=O) groups is 1. The summed E-state index contributed by atoms with van der Waals surface area (Å²) in [4.78, 5) is 18.5. The number of amides is 1. The molecule has 2 saturated heterocycles. The summed E-state index contributed by atoms with van der Waals surface area (Å²) >= 11 is 0. The average Bonchev–Trinajstić information content (AvgIpc) is 2.89. The number of piperidine rings is 1. The number of halogens is 2. The van der Waals surface area contributed by atoms with Crippen LogP contribution in [0.25, 0.3) is 0 Å². The highest BCUT2D eigenvalue weighted by atomic mass is 19.3. The second kappa shape index (κ2) is 6.16. The van der Waals surface area contributed by atoms with E-state index in [1.807, 2.05) is 6.07 Å². The van der Waals surface area contributed by atoms with Crippen LogP contribution in [0.5, 0.6) is 0 Å². The minimum atomic E-state index is -2.81. The Morgan fingerprint density at radius 3 is 2.68 bits per heavy atom. The zero-order chi connectivity index (χ0) is 15.6. The van der Waals surface area contributed by atoms with Gasteiger partial charge in [-0.3, -0.25) is 10.1 Å². The summed E-state index contributed by atoms with van der Waals surface area (Å²) < 4.78 is 26.2. The predicted octanol–water partition coefficient (Wildman–Crippen LogP) is 2.01. The second-order valence-corrected chi connectivity index (χ2v) is 5.94. The van der Waals surface area contributed by atoms with E-state index >= 15 is 0 Å². The van der Waals surface area contributed by atoms with Crippen LogP contribution in [0, 0.1) is 0 Å². The lowest BCUT2D eigenvalue weighted by atomic mass is 10.1. The maximum Gasteiger partial charge on any atom is 0.262 e. The van der Waals surface area contributed by atoms with Crippen LogP contribution in [0.4, 0.5) is 20.3 Å². The third-order valence-corrected chi connectivity index (χ3v) is 4.12. The summed E-state index contributed by atoms with van der Waals surface area (Å²) in [6.45, 7) is 1.55. The first-order chi connectivity index (χ1) is 10.5. The Bertz CT molecular complexity index is 529.